The van der Waals surface area contributed by atoms with Crippen LogP contribution in [-0.4, -0.2) is 9.55 Å². The van der Waals surface area contributed by atoms with Gasteiger partial charge in [-0.3, -0.25) is 9.36 Å². The molecule has 22 heavy (non-hydrogen) atoms. The highest BCUT2D eigenvalue weighted by Gasteiger charge is 2.25. The zero-order chi connectivity index (χ0) is 15.3. The molecule has 3 aromatic rings. The number of benzene rings is 1. The first-order valence-electron chi connectivity index (χ1n) is 7.43. The molecular formula is C17H16N2OS2. The highest BCUT2D eigenvalue weighted by molar-refractivity contribution is 7.71. The molecule has 1 N–H and O–H groups in total. The van der Waals surface area contributed by atoms with Crippen LogP contribution in [0, 0.1) is 4.77 Å². The SMILES string of the molecule is Cn1c(=S)[nH]c2sc3c(c2c1=O)CCC(c1ccccc1)C3. The predicted molar refractivity (Wildman–Crippen MR) is 93.5 cm³/mol. The molecule has 1 unspecified atom stereocenters. The van der Waals surface area contributed by atoms with Gasteiger partial charge in [0, 0.05) is 11.9 Å². The second-order valence-corrected chi connectivity index (χ2v) is 7.34. The lowest BCUT2D eigenvalue weighted by atomic mass is 9.83. The van der Waals surface area contributed by atoms with Crippen LogP contribution in [0.25, 0.3) is 10.2 Å². The van der Waals surface area contributed by atoms with Gasteiger partial charge in [-0.05, 0) is 48.5 Å². The Bertz CT molecular complexity index is 966. The predicted octanol–water partition coefficient (Wildman–Crippen LogP) is 3.93. The molecule has 5 heteroatoms. The molecule has 1 aromatic carbocycles. The van der Waals surface area contributed by atoms with Crippen molar-refractivity contribution in [3.8, 4) is 0 Å². The van der Waals surface area contributed by atoms with Gasteiger partial charge in [0.05, 0.1) is 5.39 Å². The monoisotopic (exact) mass is 328 g/mol. The topological polar surface area (TPSA) is 37.8 Å². The third kappa shape index (κ3) is 2.08. The minimum absolute atomic E-state index is 0.0365. The molecule has 1 aliphatic carbocycles. The van der Waals surface area contributed by atoms with Gasteiger partial charge in [0.1, 0.15) is 4.83 Å². The molecule has 0 amide bonds. The molecule has 0 saturated heterocycles. The van der Waals surface area contributed by atoms with Crippen molar-refractivity contribution >= 4 is 33.8 Å². The lowest BCUT2D eigenvalue weighted by Gasteiger charge is -2.22. The van der Waals surface area contributed by atoms with E-state index in [0.717, 1.165) is 29.5 Å². The molecule has 4 rings (SSSR count). The quantitative estimate of drug-likeness (QED) is 0.687. The highest BCUT2D eigenvalue weighted by Crippen LogP contribution is 2.39. The van der Waals surface area contributed by atoms with Crippen molar-refractivity contribution in [2.24, 2.45) is 7.05 Å². The van der Waals surface area contributed by atoms with E-state index < -0.39 is 0 Å². The number of H-pyrrole nitrogens is 1. The first kappa shape index (κ1) is 13.9. The molecule has 0 spiro atoms. The van der Waals surface area contributed by atoms with Gasteiger partial charge < -0.3 is 4.98 Å². The summed E-state index contributed by atoms with van der Waals surface area (Å²) in [4.78, 5) is 18.0. The van der Waals surface area contributed by atoms with E-state index in [-0.39, 0.29) is 5.56 Å². The Morgan fingerprint density at radius 3 is 2.86 bits per heavy atom. The number of nitrogens with one attached hydrogen (secondary N) is 1. The number of aromatic nitrogens is 2. The van der Waals surface area contributed by atoms with Crippen molar-refractivity contribution in [2.45, 2.75) is 25.2 Å². The number of hydrogen-bond acceptors (Lipinski definition) is 3. The molecule has 0 saturated carbocycles. The molecule has 3 nitrogen and oxygen atoms in total. The summed E-state index contributed by atoms with van der Waals surface area (Å²) in [6, 6.07) is 10.7. The standard InChI is InChI=1S/C17H16N2OS2/c1-19-16(20)14-12-8-7-11(10-5-3-2-4-6-10)9-13(12)22-15(14)18-17(19)21/h2-6,11H,7-9H2,1H3,(H,18,21). The molecule has 1 aliphatic rings. The van der Waals surface area contributed by atoms with E-state index in [1.54, 1.807) is 18.4 Å². The van der Waals surface area contributed by atoms with Crippen LogP contribution in [0.1, 0.15) is 28.3 Å². The van der Waals surface area contributed by atoms with Crippen molar-refractivity contribution in [1.82, 2.24) is 9.55 Å². The van der Waals surface area contributed by atoms with Gasteiger partial charge in [0.15, 0.2) is 4.77 Å². The highest BCUT2D eigenvalue weighted by atomic mass is 32.1. The van der Waals surface area contributed by atoms with E-state index >= 15 is 0 Å². The summed E-state index contributed by atoms with van der Waals surface area (Å²) in [5.74, 6) is 0.550. The molecule has 1 atom stereocenters. The fourth-order valence-electron chi connectivity index (χ4n) is 3.35. The van der Waals surface area contributed by atoms with E-state index in [9.17, 15) is 4.79 Å². The smallest absolute Gasteiger partial charge is 0.263 e. The van der Waals surface area contributed by atoms with Crippen molar-refractivity contribution in [1.29, 1.82) is 0 Å². The number of rotatable bonds is 1. The Labute approximate surface area is 137 Å². The van der Waals surface area contributed by atoms with Gasteiger partial charge in [0.2, 0.25) is 0 Å². The summed E-state index contributed by atoms with van der Waals surface area (Å²) in [6.07, 6.45) is 3.08. The van der Waals surface area contributed by atoms with Crippen LogP contribution in [0.5, 0.6) is 0 Å². The van der Waals surface area contributed by atoms with E-state index in [2.05, 4.69) is 35.3 Å². The minimum atomic E-state index is 0.0365. The molecule has 0 fully saturated rings. The van der Waals surface area contributed by atoms with Crippen LogP contribution in [0.3, 0.4) is 0 Å². The van der Waals surface area contributed by atoms with E-state index in [4.69, 9.17) is 12.2 Å². The summed E-state index contributed by atoms with van der Waals surface area (Å²) < 4.78 is 2.03. The molecule has 0 radical (unpaired) electrons. The number of thiophene rings is 1. The van der Waals surface area contributed by atoms with E-state index in [1.807, 2.05) is 0 Å². The lowest BCUT2D eigenvalue weighted by molar-refractivity contribution is 0.595. The number of aryl methyl sites for hydroxylation is 1. The van der Waals surface area contributed by atoms with Crippen LogP contribution in [0.2, 0.25) is 0 Å². The van der Waals surface area contributed by atoms with Crippen LogP contribution in [0.4, 0.5) is 0 Å². The van der Waals surface area contributed by atoms with Gasteiger partial charge in [-0.2, -0.15) is 0 Å². The largest absolute Gasteiger partial charge is 0.323 e. The molecule has 0 aliphatic heterocycles. The minimum Gasteiger partial charge on any atom is -0.323 e. The van der Waals surface area contributed by atoms with Crippen molar-refractivity contribution in [3.63, 3.8) is 0 Å². The number of hydrogen-bond donors (Lipinski definition) is 1. The van der Waals surface area contributed by atoms with Crippen LogP contribution >= 0.6 is 23.6 Å². The molecule has 112 valence electrons. The zero-order valence-corrected chi connectivity index (χ0v) is 13.9. The Kier molecular flexibility index (Phi) is 3.27. The number of fused-ring (bicyclic) bond motifs is 3. The van der Waals surface area contributed by atoms with Gasteiger partial charge in [-0.1, -0.05) is 30.3 Å². The summed E-state index contributed by atoms with van der Waals surface area (Å²) in [5.41, 5.74) is 2.67. The average Bonchev–Trinajstić information content (AvgIpc) is 2.90. The summed E-state index contributed by atoms with van der Waals surface area (Å²) in [7, 11) is 1.74. The Balaban J connectivity index is 1.84. The first-order valence-corrected chi connectivity index (χ1v) is 8.66. The second kappa shape index (κ2) is 5.18. The van der Waals surface area contributed by atoms with Gasteiger partial charge in [-0.25, -0.2) is 0 Å². The maximum Gasteiger partial charge on any atom is 0.263 e. The first-order chi connectivity index (χ1) is 10.6. The van der Waals surface area contributed by atoms with Gasteiger partial charge >= 0.3 is 0 Å². The van der Waals surface area contributed by atoms with Crippen LogP contribution in [-0.2, 0) is 19.9 Å². The Morgan fingerprint density at radius 2 is 2.09 bits per heavy atom. The van der Waals surface area contributed by atoms with Crippen molar-refractivity contribution < 1.29 is 0 Å². The number of aromatic amines is 1. The fraction of sp³-hybridized carbons (Fsp3) is 0.294. The molecular weight excluding hydrogens is 312 g/mol. The lowest BCUT2D eigenvalue weighted by Crippen LogP contribution is -2.20. The van der Waals surface area contributed by atoms with Gasteiger partial charge in [0.25, 0.3) is 5.56 Å². The normalized spacial score (nSPS) is 17.6. The Morgan fingerprint density at radius 1 is 1.32 bits per heavy atom. The second-order valence-electron chi connectivity index (χ2n) is 5.85. The summed E-state index contributed by atoms with van der Waals surface area (Å²) >= 11 is 6.92. The molecule has 0 bridgehead atoms. The molecule has 2 aromatic heterocycles. The van der Waals surface area contributed by atoms with Crippen molar-refractivity contribution in [3.05, 3.63) is 61.5 Å². The summed E-state index contributed by atoms with van der Waals surface area (Å²) in [5, 5.41) is 0.850. The zero-order valence-electron chi connectivity index (χ0n) is 12.3. The summed E-state index contributed by atoms with van der Waals surface area (Å²) in [6.45, 7) is 0. The molecule has 2 heterocycles. The van der Waals surface area contributed by atoms with E-state index in [1.165, 1.54) is 20.6 Å². The Hall–Kier alpha value is -1.72. The maximum absolute atomic E-state index is 12.5. The van der Waals surface area contributed by atoms with Crippen LogP contribution in [0.15, 0.2) is 35.1 Å². The van der Waals surface area contributed by atoms with Crippen molar-refractivity contribution in [2.75, 3.05) is 0 Å². The van der Waals surface area contributed by atoms with E-state index in [0.29, 0.717) is 10.7 Å². The average molecular weight is 328 g/mol. The fourth-order valence-corrected chi connectivity index (χ4v) is 4.92. The van der Waals surface area contributed by atoms with Crippen LogP contribution < -0.4 is 5.56 Å². The third-order valence-corrected chi connectivity index (χ3v) is 6.13. The maximum atomic E-state index is 12.5. The number of nitrogens with zero attached hydrogens (tertiary/aromatic N) is 1. The third-order valence-electron chi connectivity index (χ3n) is 4.58. The van der Waals surface area contributed by atoms with Gasteiger partial charge in [-0.15, -0.1) is 11.3 Å².